The van der Waals surface area contributed by atoms with Gasteiger partial charge in [0.2, 0.25) is 0 Å². The molecule has 91 heavy (non-hydrogen) atoms. The van der Waals surface area contributed by atoms with Crippen molar-refractivity contribution in [3.8, 4) is 51.4 Å². The average molecular weight is 1290 g/mol. The maximum absolute atomic E-state index is 12.4. The number of urea groups is 2. The van der Waals surface area contributed by atoms with E-state index in [0.29, 0.717) is 98.6 Å². The third kappa shape index (κ3) is 16.2. The number of para-hydroxylation sites is 3. The third-order valence-corrected chi connectivity index (χ3v) is 13.5. The molecular weight excluding hydrogens is 1220 g/mol. The Morgan fingerprint density at radius 1 is 0.495 bits per heavy atom. The number of likely N-dealkylation sites (tertiary alicyclic amines) is 2. The molecule has 0 aliphatic carbocycles. The van der Waals surface area contributed by atoms with E-state index in [1.54, 1.807) is 95.3 Å². The van der Waals surface area contributed by atoms with E-state index in [1.165, 1.54) is 47.6 Å². The Morgan fingerprint density at radius 2 is 0.868 bits per heavy atom. The van der Waals surface area contributed by atoms with Crippen LogP contribution in [0.15, 0.2) is 91.8 Å². The minimum absolute atomic E-state index is 0.000294. The maximum atomic E-state index is 12.4. The van der Waals surface area contributed by atoms with Crippen molar-refractivity contribution in [1.82, 2.24) is 95.3 Å². The molecule has 3 aromatic carbocycles. The van der Waals surface area contributed by atoms with Crippen LogP contribution in [0.25, 0.3) is 34.2 Å². The van der Waals surface area contributed by atoms with Crippen molar-refractivity contribution in [3.63, 3.8) is 0 Å². The molecule has 2 aliphatic heterocycles. The summed E-state index contributed by atoms with van der Waals surface area (Å²) < 4.78 is 26.2. The predicted octanol–water partition coefficient (Wildman–Crippen LogP) is 5.89. The number of nitrogens with two attached hydrogens (primary N) is 1. The molecule has 0 unspecified atom stereocenters. The normalized spacial score (nSPS) is 11.9. The Bertz CT molecular complexity index is 3930. The van der Waals surface area contributed by atoms with Crippen LogP contribution in [0.2, 0.25) is 10.3 Å². The zero-order valence-electron chi connectivity index (χ0n) is 50.5. The average Bonchev–Trinajstić information content (AvgIpc) is 1.91. The number of carbonyl (C=O) groups excluding carboxylic acids is 5. The lowest BCUT2D eigenvalue weighted by Gasteiger charge is -2.30. The summed E-state index contributed by atoms with van der Waals surface area (Å²) in [5.41, 5.74) is 9.95. The molecule has 33 nitrogen and oxygen atoms in total. The second-order valence-electron chi connectivity index (χ2n) is 19.2. The summed E-state index contributed by atoms with van der Waals surface area (Å²) in [6.07, 6.45) is 6.88. The largest absolute Gasteiger partial charge is 0.494 e. The standard InChI is InChI=1S/C20H23N9O3.C16H16ClN7O2.C16H15ClN6O3.C4H8N2O/c1-21-19(30)16-14(10-15(25-26-16)24-20(31)29-8-5-9-29)23-13-7-4-6-12(17(13)32-3)18-22-11-28(2)27-18;1-18-16(25)13-11(7-12(17)21-22-13)20-10-6-4-5-9(14(10)26-3)15-19-8-24(2)23-15;1-23-8-18-15(22-23)9-5-4-6-10(14(9)25-2)19-11-7-12(17)20-21-13(11)16(24)26-3;5-4(7)6-2-1-3-6/h4,6-7,10-11H,5,8-9H2,1-3H3,(H,21,30)(H2,23,24,25,31);4-8H,1-3H3,(H,18,25)(H,20,21);4-8H,1-3H3,(H,19,20);1-3H2,(H2,5,7). The fourth-order valence-electron chi connectivity index (χ4n) is 8.46. The van der Waals surface area contributed by atoms with Crippen LogP contribution in [-0.2, 0) is 25.9 Å². The molecular formula is C56H62Cl2N24O9. The molecule has 6 aromatic heterocycles. The van der Waals surface area contributed by atoms with E-state index < -0.39 is 17.8 Å². The Kier molecular flexibility index (Phi) is 22.0. The number of nitrogens with zero attached hydrogens (tertiary/aromatic N) is 17. The summed E-state index contributed by atoms with van der Waals surface area (Å²) in [7, 11) is 14.2. The number of primary amides is 1. The van der Waals surface area contributed by atoms with Gasteiger partial charge in [0.15, 0.2) is 67.9 Å². The molecule has 0 saturated carbocycles. The zero-order valence-corrected chi connectivity index (χ0v) is 52.0. The highest BCUT2D eigenvalue weighted by Gasteiger charge is 2.25. The second kappa shape index (κ2) is 30.5. The van der Waals surface area contributed by atoms with E-state index in [4.69, 9.17) is 47.9 Å². The summed E-state index contributed by atoms with van der Waals surface area (Å²) in [4.78, 5) is 74.7. The van der Waals surface area contributed by atoms with Gasteiger partial charge >= 0.3 is 18.0 Å². The molecule has 8 N–H and O–H groups in total. The van der Waals surface area contributed by atoms with Gasteiger partial charge < -0.3 is 61.1 Å². The number of anilines is 7. The van der Waals surface area contributed by atoms with Crippen LogP contribution in [-0.4, -0.2) is 183 Å². The van der Waals surface area contributed by atoms with E-state index in [-0.39, 0.29) is 45.3 Å². The van der Waals surface area contributed by atoms with Gasteiger partial charge in [-0.3, -0.25) is 29.0 Å². The van der Waals surface area contributed by atoms with Crippen molar-refractivity contribution in [1.29, 1.82) is 0 Å². The van der Waals surface area contributed by atoms with E-state index in [9.17, 15) is 24.0 Å². The number of nitrogens with one attached hydrogen (secondary N) is 6. The lowest BCUT2D eigenvalue weighted by Crippen LogP contribution is -2.45. The molecule has 2 fully saturated rings. The number of benzene rings is 3. The van der Waals surface area contributed by atoms with Crippen molar-refractivity contribution < 1.29 is 42.9 Å². The first kappa shape index (κ1) is 65.6. The van der Waals surface area contributed by atoms with Gasteiger partial charge in [-0.2, -0.15) is 15.3 Å². The molecule has 2 aliphatic rings. The smallest absolute Gasteiger partial charge is 0.360 e. The van der Waals surface area contributed by atoms with E-state index in [0.717, 1.165) is 25.9 Å². The number of amides is 6. The van der Waals surface area contributed by atoms with Crippen LogP contribution in [0, 0.1) is 0 Å². The van der Waals surface area contributed by atoms with E-state index in [2.05, 4.69) is 92.7 Å². The number of aromatic nitrogens is 15. The lowest BCUT2D eigenvalue weighted by molar-refractivity contribution is 0.0593. The molecule has 6 amide bonds. The Morgan fingerprint density at radius 3 is 1.19 bits per heavy atom. The monoisotopic (exact) mass is 1280 g/mol. The fraction of sp³-hybridized carbons (Fsp3) is 0.268. The minimum Gasteiger partial charge on any atom is -0.494 e. The topological polar surface area (TPSA) is 396 Å². The molecule has 9 aromatic rings. The molecule has 0 bridgehead atoms. The first-order valence-electron chi connectivity index (χ1n) is 27.3. The van der Waals surface area contributed by atoms with Crippen molar-refractivity contribution in [2.24, 2.45) is 26.9 Å². The Hall–Kier alpha value is -11.4. The molecule has 0 spiro atoms. The van der Waals surface area contributed by atoms with Gasteiger partial charge in [-0.15, -0.1) is 30.6 Å². The van der Waals surface area contributed by atoms with Gasteiger partial charge in [0.1, 0.15) is 19.0 Å². The number of carbonyl (C=O) groups is 5. The number of ether oxygens (including phenoxy) is 4. The van der Waals surface area contributed by atoms with Crippen molar-refractivity contribution in [2.45, 2.75) is 12.8 Å². The number of esters is 1. The molecule has 0 radical (unpaired) electrons. The summed E-state index contributed by atoms with van der Waals surface area (Å²) >= 11 is 11.8. The van der Waals surface area contributed by atoms with Crippen molar-refractivity contribution >= 4 is 93.0 Å². The van der Waals surface area contributed by atoms with Gasteiger partial charge in [-0.25, -0.2) is 29.3 Å². The summed E-state index contributed by atoms with van der Waals surface area (Å²) in [6, 6.07) is 20.3. The van der Waals surface area contributed by atoms with Gasteiger partial charge in [-0.05, 0) is 49.2 Å². The molecule has 8 heterocycles. The Labute approximate surface area is 529 Å². The SMILES string of the molecule is CNC(=O)c1nnc(Cl)cc1Nc1cccc(-c2ncn(C)n2)c1OC.CNC(=O)c1nnc(NC(=O)N2CCC2)cc1Nc1cccc(-c2ncn(C)n2)c1OC.COC(=O)c1nnc(Cl)cc1Nc1cccc(-c2ncn(C)n2)c1OC.NC(=O)N1CCC1. The van der Waals surface area contributed by atoms with Crippen LogP contribution in [0.5, 0.6) is 17.2 Å². The van der Waals surface area contributed by atoms with Crippen LogP contribution in [0.4, 0.5) is 49.5 Å². The zero-order chi connectivity index (χ0) is 65.3. The van der Waals surface area contributed by atoms with Crippen LogP contribution < -0.4 is 51.8 Å². The highest BCUT2D eigenvalue weighted by Crippen LogP contribution is 2.40. The number of methoxy groups -OCH3 is 4. The van der Waals surface area contributed by atoms with Gasteiger partial charge in [-0.1, -0.05) is 41.4 Å². The first-order chi connectivity index (χ1) is 43.9. The lowest BCUT2D eigenvalue weighted by atomic mass is 10.1. The second-order valence-corrected chi connectivity index (χ2v) is 20.0. The van der Waals surface area contributed by atoms with Crippen LogP contribution >= 0.6 is 23.2 Å². The van der Waals surface area contributed by atoms with Gasteiger partial charge in [0, 0.05) is 79.6 Å². The summed E-state index contributed by atoms with van der Waals surface area (Å²) in [5.74, 6) is 1.80. The number of aryl methyl sites for hydroxylation is 3. The van der Waals surface area contributed by atoms with E-state index in [1.807, 2.05) is 36.4 Å². The minimum atomic E-state index is -0.641. The maximum Gasteiger partial charge on any atom is 0.360 e. The molecule has 2 saturated heterocycles. The van der Waals surface area contributed by atoms with Crippen molar-refractivity contribution in [2.75, 3.05) is 90.0 Å². The molecule has 35 heteroatoms. The summed E-state index contributed by atoms with van der Waals surface area (Å²) in [5, 5.41) is 53.4. The van der Waals surface area contributed by atoms with Crippen LogP contribution in [0.1, 0.15) is 44.3 Å². The van der Waals surface area contributed by atoms with Crippen molar-refractivity contribution in [3.05, 3.63) is 119 Å². The first-order valence-corrected chi connectivity index (χ1v) is 28.1. The molecule has 474 valence electrons. The quantitative estimate of drug-likeness (QED) is 0.0554. The fourth-order valence-corrected chi connectivity index (χ4v) is 8.75. The molecule has 11 rings (SSSR count). The van der Waals surface area contributed by atoms with Gasteiger partial charge in [0.05, 0.1) is 79.3 Å². The van der Waals surface area contributed by atoms with Gasteiger partial charge in [0.25, 0.3) is 11.8 Å². The third-order valence-electron chi connectivity index (χ3n) is 13.1. The highest BCUT2D eigenvalue weighted by atomic mass is 35.5. The molecule has 0 atom stereocenters. The van der Waals surface area contributed by atoms with E-state index >= 15 is 0 Å². The van der Waals surface area contributed by atoms with Crippen LogP contribution in [0.3, 0.4) is 0 Å². The number of hydrogen-bond donors (Lipinski definition) is 7. The number of halogens is 2. The number of rotatable bonds is 16. The summed E-state index contributed by atoms with van der Waals surface area (Å²) in [6.45, 7) is 3.11. The predicted molar refractivity (Wildman–Crippen MR) is 334 cm³/mol. The highest BCUT2D eigenvalue weighted by molar-refractivity contribution is 6.30. The Balaban J connectivity index is 0.000000167. The number of hydrogen-bond acceptors (Lipinski definition) is 24.